The van der Waals surface area contributed by atoms with Crippen LogP contribution < -0.4 is 5.32 Å². The van der Waals surface area contributed by atoms with E-state index in [9.17, 15) is 9.59 Å². The Morgan fingerprint density at radius 3 is 1.82 bits per heavy atom. The second-order valence-corrected chi connectivity index (χ2v) is 10.4. The van der Waals surface area contributed by atoms with Gasteiger partial charge in [-0.1, -0.05) is 134 Å². The lowest BCUT2D eigenvalue weighted by molar-refractivity contribution is -0.141. The molecular weight excluding hydrogens is 492 g/mol. The fourth-order valence-corrected chi connectivity index (χ4v) is 5.04. The van der Waals surface area contributed by atoms with E-state index < -0.39 is 6.04 Å². The van der Waals surface area contributed by atoms with Crippen molar-refractivity contribution in [1.82, 2.24) is 10.2 Å². The standard InChI is InChI=1S/C36H40N2O2/c1-3-4-24-37-36(40)34(25-29-14-8-5-9-15-29)38(27-30-22-20-28(2)21-23-30)35(39)26-33(31-16-10-6-11-17-31)32-18-12-7-13-19-32/h5-23,33-34H,3-4,24-27H2,1-2H3,(H,37,40)/t34-/m0/s1. The van der Waals surface area contributed by atoms with E-state index in [1.165, 1.54) is 0 Å². The monoisotopic (exact) mass is 532 g/mol. The number of nitrogens with one attached hydrogen (secondary N) is 1. The molecule has 1 N–H and O–H groups in total. The Morgan fingerprint density at radius 2 is 1.27 bits per heavy atom. The molecule has 4 aromatic carbocycles. The van der Waals surface area contributed by atoms with E-state index in [0.717, 1.165) is 40.7 Å². The Balaban J connectivity index is 1.71. The van der Waals surface area contributed by atoms with Gasteiger partial charge in [-0.2, -0.15) is 0 Å². The topological polar surface area (TPSA) is 49.4 Å². The number of aryl methyl sites for hydroxylation is 1. The van der Waals surface area contributed by atoms with Gasteiger partial charge in [0.05, 0.1) is 0 Å². The highest BCUT2D eigenvalue weighted by atomic mass is 16.2. The molecule has 0 saturated heterocycles. The van der Waals surface area contributed by atoms with Gasteiger partial charge < -0.3 is 10.2 Å². The zero-order valence-corrected chi connectivity index (χ0v) is 23.6. The van der Waals surface area contributed by atoms with Crippen molar-refractivity contribution in [2.24, 2.45) is 0 Å². The van der Waals surface area contributed by atoms with E-state index in [0.29, 0.717) is 19.5 Å². The van der Waals surface area contributed by atoms with Crippen LogP contribution in [-0.4, -0.2) is 29.3 Å². The lowest BCUT2D eigenvalue weighted by Gasteiger charge is -2.33. The van der Waals surface area contributed by atoms with Crippen LogP contribution in [0, 0.1) is 6.92 Å². The van der Waals surface area contributed by atoms with Gasteiger partial charge in [-0.05, 0) is 35.6 Å². The second-order valence-electron chi connectivity index (χ2n) is 10.4. The van der Waals surface area contributed by atoms with Crippen molar-refractivity contribution in [2.45, 2.75) is 58.0 Å². The number of hydrogen-bond acceptors (Lipinski definition) is 2. The number of benzene rings is 4. The Morgan fingerprint density at radius 1 is 0.725 bits per heavy atom. The molecule has 0 heterocycles. The molecule has 0 fully saturated rings. The van der Waals surface area contributed by atoms with E-state index in [1.54, 1.807) is 4.90 Å². The Kier molecular flexibility index (Phi) is 10.7. The molecular formula is C36H40N2O2. The van der Waals surface area contributed by atoms with E-state index in [-0.39, 0.29) is 24.2 Å². The average Bonchev–Trinajstić information content (AvgIpc) is 3.00. The molecule has 4 nitrogen and oxygen atoms in total. The SMILES string of the molecule is CCCCNC(=O)[C@H](Cc1ccccc1)N(Cc1ccc(C)cc1)C(=O)CC(c1ccccc1)c1ccccc1. The maximum Gasteiger partial charge on any atom is 0.243 e. The van der Waals surface area contributed by atoms with Crippen molar-refractivity contribution in [3.63, 3.8) is 0 Å². The van der Waals surface area contributed by atoms with Crippen molar-refractivity contribution in [2.75, 3.05) is 6.54 Å². The third kappa shape index (κ3) is 8.16. The van der Waals surface area contributed by atoms with Gasteiger partial charge in [-0.3, -0.25) is 9.59 Å². The Hall–Kier alpha value is -4.18. The number of nitrogens with zero attached hydrogens (tertiary/aromatic N) is 1. The molecule has 0 radical (unpaired) electrons. The maximum atomic E-state index is 14.4. The lowest BCUT2D eigenvalue weighted by atomic mass is 9.87. The van der Waals surface area contributed by atoms with Crippen LogP contribution in [0.3, 0.4) is 0 Å². The zero-order chi connectivity index (χ0) is 28.2. The second kappa shape index (κ2) is 14.8. The third-order valence-electron chi connectivity index (χ3n) is 7.36. The Bertz CT molecular complexity index is 1280. The maximum absolute atomic E-state index is 14.4. The predicted octanol–water partition coefficient (Wildman–Crippen LogP) is 7.07. The number of carbonyl (C=O) groups is 2. The number of rotatable bonds is 13. The highest BCUT2D eigenvalue weighted by Crippen LogP contribution is 2.30. The van der Waals surface area contributed by atoms with Crippen LogP contribution in [0.15, 0.2) is 115 Å². The number of unbranched alkanes of at least 4 members (excludes halogenated alkanes) is 1. The summed E-state index contributed by atoms with van der Waals surface area (Å²) in [5.74, 6) is -0.255. The van der Waals surface area contributed by atoms with Crippen molar-refractivity contribution in [1.29, 1.82) is 0 Å². The average molecular weight is 533 g/mol. The molecule has 0 aromatic heterocycles. The summed E-state index contributed by atoms with van der Waals surface area (Å²) < 4.78 is 0. The van der Waals surface area contributed by atoms with Crippen LogP contribution in [0.1, 0.15) is 59.9 Å². The summed E-state index contributed by atoms with van der Waals surface area (Å²) in [4.78, 5) is 29.9. The molecule has 40 heavy (non-hydrogen) atoms. The van der Waals surface area contributed by atoms with Gasteiger partial charge in [-0.15, -0.1) is 0 Å². The van der Waals surface area contributed by atoms with Gasteiger partial charge in [0.15, 0.2) is 0 Å². The molecule has 0 saturated carbocycles. The highest BCUT2D eigenvalue weighted by Gasteiger charge is 2.32. The molecule has 4 heteroatoms. The summed E-state index contributed by atoms with van der Waals surface area (Å²) in [7, 11) is 0. The Labute approximate surface area is 239 Å². The van der Waals surface area contributed by atoms with Gasteiger partial charge >= 0.3 is 0 Å². The number of carbonyl (C=O) groups excluding carboxylic acids is 2. The van der Waals surface area contributed by atoms with E-state index in [4.69, 9.17) is 0 Å². The van der Waals surface area contributed by atoms with Gasteiger partial charge in [0.2, 0.25) is 11.8 Å². The number of amides is 2. The minimum atomic E-state index is -0.625. The van der Waals surface area contributed by atoms with Gasteiger partial charge in [-0.25, -0.2) is 0 Å². The molecule has 0 unspecified atom stereocenters. The molecule has 0 bridgehead atoms. The van der Waals surface area contributed by atoms with Crippen LogP contribution in [0.4, 0.5) is 0 Å². The summed E-state index contributed by atoms with van der Waals surface area (Å²) in [6.07, 6.45) is 2.62. The smallest absolute Gasteiger partial charge is 0.243 e. The van der Waals surface area contributed by atoms with Gasteiger partial charge in [0, 0.05) is 31.8 Å². The normalized spacial score (nSPS) is 11.7. The first-order valence-electron chi connectivity index (χ1n) is 14.3. The van der Waals surface area contributed by atoms with Crippen molar-refractivity contribution in [3.05, 3.63) is 143 Å². The van der Waals surface area contributed by atoms with E-state index >= 15 is 0 Å². The minimum absolute atomic E-state index is 0.0372. The minimum Gasteiger partial charge on any atom is -0.354 e. The third-order valence-corrected chi connectivity index (χ3v) is 7.36. The van der Waals surface area contributed by atoms with Crippen LogP contribution >= 0.6 is 0 Å². The van der Waals surface area contributed by atoms with Crippen LogP contribution in [0.5, 0.6) is 0 Å². The quantitative estimate of drug-likeness (QED) is 0.187. The molecule has 4 rings (SSSR count). The largest absolute Gasteiger partial charge is 0.354 e. The molecule has 1 atom stereocenters. The molecule has 206 valence electrons. The molecule has 4 aromatic rings. The summed E-state index contributed by atoms with van der Waals surface area (Å²) in [6, 6.07) is 37.9. The zero-order valence-electron chi connectivity index (χ0n) is 23.6. The van der Waals surface area contributed by atoms with Crippen molar-refractivity contribution < 1.29 is 9.59 Å². The number of hydrogen-bond donors (Lipinski definition) is 1. The predicted molar refractivity (Wildman–Crippen MR) is 163 cm³/mol. The van der Waals surface area contributed by atoms with Crippen molar-refractivity contribution >= 4 is 11.8 Å². The molecule has 0 aliphatic carbocycles. The summed E-state index contributed by atoms with van der Waals surface area (Å²) in [5.41, 5.74) is 5.37. The molecule has 0 spiro atoms. The molecule has 0 aliphatic rings. The fourth-order valence-electron chi connectivity index (χ4n) is 5.04. The summed E-state index contributed by atoms with van der Waals surface area (Å²) in [5, 5.41) is 3.12. The van der Waals surface area contributed by atoms with E-state index in [1.807, 2.05) is 66.7 Å². The lowest BCUT2D eigenvalue weighted by Crippen LogP contribution is -2.51. The summed E-state index contributed by atoms with van der Waals surface area (Å²) >= 11 is 0. The first-order chi connectivity index (χ1) is 19.5. The van der Waals surface area contributed by atoms with Crippen molar-refractivity contribution in [3.8, 4) is 0 Å². The van der Waals surface area contributed by atoms with Gasteiger partial charge in [0.1, 0.15) is 6.04 Å². The van der Waals surface area contributed by atoms with E-state index in [2.05, 4.69) is 67.7 Å². The van der Waals surface area contributed by atoms with Gasteiger partial charge in [0.25, 0.3) is 0 Å². The highest BCUT2D eigenvalue weighted by molar-refractivity contribution is 5.88. The molecule has 0 aliphatic heterocycles. The van der Waals surface area contributed by atoms with Crippen LogP contribution in [0.2, 0.25) is 0 Å². The first kappa shape index (κ1) is 28.8. The van der Waals surface area contributed by atoms with Crippen LogP contribution in [-0.2, 0) is 22.6 Å². The summed E-state index contributed by atoms with van der Waals surface area (Å²) in [6.45, 7) is 5.13. The fraction of sp³-hybridized carbons (Fsp3) is 0.278. The van der Waals surface area contributed by atoms with Crippen LogP contribution in [0.25, 0.3) is 0 Å². The molecule has 2 amide bonds. The first-order valence-corrected chi connectivity index (χ1v) is 14.3.